The van der Waals surface area contributed by atoms with Crippen LogP contribution in [0.5, 0.6) is 0 Å². The van der Waals surface area contributed by atoms with Gasteiger partial charge < -0.3 is 0 Å². The minimum atomic E-state index is -0.456. The molecular formula is C11H8BrFN2. The molecule has 0 unspecified atom stereocenters. The van der Waals surface area contributed by atoms with Gasteiger partial charge in [-0.1, -0.05) is 15.9 Å². The van der Waals surface area contributed by atoms with Crippen molar-refractivity contribution in [2.45, 2.75) is 5.33 Å². The van der Waals surface area contributed by atoms with E-state index in [2.05, 4.69) is 25.9 Å². The zero-order valence-electron chi connectivity index (χ0n) is 7.82. The third-order valence-electron chi connectivity index (χ3n) is 2.06. The molecule has 0 radical (unpaired) electrons. The molecule has 0 fully saturated rings. The number of halogens is 2. The van der Waals surface area contributed by atoms with Crippen molar-refractivity contribution in [3.05, 3.63) is 48.3 Å². The molecule has 0 N–H and O–H groups in total. The van der Waals surface area contributed by atoms with Crippen LogP contribution in [0.4, 0.5) is 4.39 Å². The Hall–Kier alpha value is -1.29. The molecule has 0 spiro atoms. The van der Waals surface area contributed by atoms with Gasteiger partial charge in [-0.05, 0) is 29.8 Å². The van der Waals surface area contributed by atoms with Gasteiger partial charge in [-0.15, -0.1) is 0 Å². The van der Waals surface area contributed by atoms with Crippen molar-refractivity contribution in [2.75, 3.05) is 0 Å². The molecule has 15 heavy (non-hydrogen) atoms. The number of pyridine rings is 2. The third-order valence-corrected chi connectivity index (χ3v) is 2.59. The summed E-state index contributed by atoms with van der Waals surface area (Å²) in [6.07, 6.45) is 3.41. The fourth-order valence-electron chi connectivity index (χ4n) is 1.37. The van der Waals surface area contributed by atoms with Gasteiger partial charge in [-0.2, -0.15) is 4.39 Å². The summed E-state index contributed by atoms with van der Waals surface area (Å²) >= 11 is 3.29. The quantitative estimate of drug-likeness (QED) is 0.617. The molecule has 0 amide bonds. The van der Waals surface area contributed by atoms with Crippen molar-refractivity contribution in [3.8, 4) is 11.1 Å². The van der Waals surface area contributed by atoms with E-state index >= 15 is 0 Å². The first kappa shape index (κ1) is 10.2. The summed E-state index contributed by atoms with van der Waals surface area (Å²) in [7, 11) is 0. The lowest BCUT2D eigenvalue weighted by Gasteiger charge is -2.05. The van der Waals surface area contributed by atoms with Gasteiger partial charge in [0.1, 0.15) is 0 Å². The SMILES string of the molecule is Fc1ccc(-c2ccncc2)c(CBr)n1. The number of hydrogen-bond acceptors (Lipinski definition) is 2. The van der Waals surface area contributed by atoms with Crippen molar-refractivity contribution in [3.63, 3.8) is 0 Å². The largest absolute Gasteiger partial charge is 0.265 e. The van der Waals surface area contributed by atoms with Crippen LogP contribution < -0.4 is 0 Å². The summed E-state index contributed by atoms with van der Waals surface area (Å²) in [5, 5.41) is 0.530. The van der Waals surface area contributed by atoms with E-state index in [4.69, 9.17) is 0 Å². The highest BCUT2D eigenvalue weighted by molar-refractivity contribution is 9.08. The lowest BCUT2D eigenvalue weighted by molar-refractivity contribution is 0.580. The first-order valence-electron chi connectivity index (χ1n) is 4.43. The maximum absolute atomic E-state index is 12.9. The van der Waals surface area contributed by atoms with Gasteiger partial charge in [0.25, 0.3) is 0 Å². The van der Waals surface area contributed by atoms with Crippen LogP contribution in [0.3, 0.4) is 0 Å². The minimum Gasteiger partial charge on any atom is -0.265 e. The highest BCUT2D eigenvalue weighted by atomic mass is 79.9. The number of hydrogen-bond donors (Lipinski definition) is 0. The normalized spacial score (nSPS) is 10.3. The standard InChI is InChI=1S/C11H8BrFN2/c12-7-10-9(1-2-11(13)15-10)8-3-5-14-6-4-8/h1-6H,7H2. The van der Waals surface area contributed by atoms with Crippen molar-refractivity contribution in [2.24, 2.45) is 0 Å². The fourth-order valence-corrected chi connectivity index (χ4v) is 1.80. The van der Waals surface area contributed by atoms with Crippen molar-refractivity contribution < 1.29 is 4.39 Å². The van der Waals surface area contributed by atoms with Crippen molar-refractivity contribution >= 4 is 15.9 Å². The van der Waals surface area contributed by atoms with Crippen LogP contribution in [0.15, 0.2) is 36.7 Å². The lowest BCUT2D eigenvalue weighted by atomic mass is 10.1. The molecule has 2 nitrogen and oxygen atoms in total. The second-order valence-electron chi connectivity index (χ2n) is 3.00. The molecule has 0 saturated carbocycles. The van der Waals surface area contributed by atoms with Crippen LogP contribution in [0.2, 0.25) is 0 Å². The maximum Gasteiger partial charge on any atom is 0.213 e. The van der Waals surface area contributed by atoms with E-state index in [-0.39, 0.29) is 0 Å². The summed E-state index contributed by atoms with van der Waals surface area (Å²) < 4.78 is 12.9. The Labute approximate surface area is 95.3 Å². The third kappa shape index (κ3) is 2.21. The molecule has 76 valence electrons. The van der Waals surface area contributed by atoms with E-state index in [1.54, 1.807) is 18.5 Å². The van der Waals surface area contributed by atoms with E-state index in [0.29, 0.717) is 11.0 Å². The predicted molar refractivity (Wildman–Crippen MR) is 60.1 cm³/mol. The van der Waals surface area contributed by atoms with E-state index in [1.807, 2.05) is 12.1 Å². The zero-order chi connectivity index (χ0) is 10.7. The van der Waals surface area contributed by atoms with E-state index in [1.165, 1.54) is 6.07 Å². The Morgan fingerprint density at radius 3 is 2.53 bits per heavy atom. The minimum absolute atomic E-state index is 0.456. The number of nitrogens with zero attached hydrogens (tertiary/aromatic N) is 2. The molecule has 2 aromatic rings. The molecule has 2 aromatic heterocycles. The Balaban J connectivity index is 2.53. The Morgan fingerprint density at radius 1 is 1.13 bits per heavy atom. The second-order valence-corrected chi connectivity index (χ2v) is 3.56. The molecule has 4 heteroatoms. The molecular weight excluding hydrogens is 259 g/mol. The number of aromatic nitrogens is 2. The van der Waals surface area contributed by atoms with Crippen LogP contribution in [0.25, 0.3) is 11.1 Å². The molecule has 0 aromatic carbocycles. The Kier molecular flexibility index (Phi) is 3.06. The van der Waals surface area contributed by atoms with Gasteiger partial charge in [-0.25, -0.2) is 4.98 Å². The van der Waals surface area contributed by atoms with Crippen LogP contribution >= 0.6 is 15.9 Å². The van der Waals surface area contributed by atoms with Gasteiger partial charge in [0.15, 0.2) is 0 Å². The highest BCUT2D eigenvalue weighted by Gasteiger charge is 2.06. The van der Waals surface area contributed by atoms with E-state index in [0.717, 1.165) is 11.1 Å². The van der Waals surface area contributed by atoms with Gasteiger partial charge >= 0.3 is 0 Å². The average Bonchev–Trinajstić information content (AvgIpc) is 2.30. The molecule has 0 aliphatic rings. The van der Waals surface area contributed by atoms with Gasteiger partial charge in [0.05, 0.1) is 5.69 Å². The molecule has 0 saturated heterocycles. The molecule has 0 bridgehead atoms. The zero-order valence-corrected chi connectivity index (χ0v) is 9.41. The van der Waals surface area contributed by atoms with Crippen molar-refractivity contribution in [1.82, 2.24) is 9.97 Å². The second kappa shape index (κ2) is 4.49. The molecule has 0 atom stereocenters. The monoisotopic (exact) mass is 266 g/mol. The lowest BCUT2D eigenvalue weighted by Crippen LogP contribution is -1.93. The molecule has 2 heterocycles. The summed E-state index contributed by atoms with van der Waals surface area (Å²) in [6.45, 7) is 0. The fraction of sp³-hybridized carbons (Fsp3) is 0.0909. The maximum atomic E-state index is 12.9. The smallest absolute Gasteiger partial charge is 0.213 e. The van der Waals surface area contributed by atoms with Crippen LogP contribution in [-0.4, -0.2) is 9.97 Å². The van der Waals surface area contributed by atoms with Gasteiger partial charge in [0, 0.05) is 23.3 Å². The summed E-state index contributed by atoms with van der Waals surface area (Å²) in [6, 6.07) is 6.85. The van der Waals surface area contributed by atoms with Crippen molar-refractivity contribution in [1.29, 1.82) is 0 Å². The Bertz CT molecular complexity index is 459. The topological polar surface area (TPSA) is 25.8 Å². The van der Waals surface area contributed by atoms with E-state index < -0.39 is 5.95 Å². The summed E-state index contributed by atoms with van der Waals surface area (Å²) in [5.41, 5.74) is 2.61. The predicted octanol–water partition coefficient (Wildman–Crippen LogP) is 3.18. The summed E-state index contributed by atoms with van der Waals surface area (Å²) in [5.74, 6) is -0.456. The van der Waals surface area contributed by atoms with Crippen LogP contribution in [-0.2, 0) is 5.33 Å². The first-order valence-corrected chi connectivity index (χ1v) is 5.55. The average molecular weight is 267 g/mol. The van der Waals surface area contributed by atoms with Crippen LogP contribution in [0, 0.1) is 5.95 Å². The Morgan fingerprint density at radius 2 is 1.87 bits per heavy atom. The number of alkyl halides is 1. The van der Waals surface area contributed by atoms with Gasteiger partial charge in [-0.3, -0.25) is 4.98 Å². The molecule has 0 aliphatic carbocycles. The molecule has 0 aliphatic heterocycles. The summed E-state index contributed by atoms with van der Waals surface area (Å²) in [4.78, 5) is 7.77. The highest BCUT2D eigenvalue weighted by Crippen LogP contribution is 2.23. The van der Waals surface area contributed by atoms with E-state index in [9.17, 15) is 4.39 Å². The van der Waals surface area contributed by atoms with Crippen LogP contribution in [0.1, 0.15) is 5.69 Å². The van der Waals surface area contributed by atoms with Gasteiger partial charge in [0.2, 0.25) is 5.95 Å². The number of rotatable bonds is 2. The first-order chi connectivity index (χ1) is 7.31. The molecule has 2 rings (SSSR count).